The number of nitrogens with zero attached hydrogens (tertiary/aromatic N) is 3. The van der Waals surface area contributed by atoms with Gasteiger partial charge in [-0.3, -0.25) is 0 Å². The zero-order chi connectivity index (χ0) is 22.5. The number of hydrogen-bond donors (Lipinski definition) is 2. The van der Waals surface area contributed by atoms with E-state index < -0.39 is 0 Å². The third-order valence-electron chi connectivity index (χ3n) is 5.91. The maximum atomic E-state index is 6.27. The molecule has 34 heavy (non-hydrogen) atoms. The predicted octanol–water partition coefficient (Wildman–Crippen LogP) is 5.14. The SMILES string of the molecule is I.NC(=NCc1ccccc1-c1ccc(Cn2ccnc2)cc1)NC1CCOc2ccccc21. The number of imidazole rings is 1. The first kappa shape index (κ1) is 23.8. The Balaban J connectivity index is 0.00000274. The van der Waals surface area contributed by atoms with Gasteiger partial charge in [0.1, 0.15) is 5.75 Å². The molecule has 6 nitrogen and oxygen atoms in total. The van der Waals surface area contributed by atoms with Crippen molar-refractivity contribution in [1.29, 1.82) is 0 Å². The number of nitrogens with one attached hydrogen (secondary N) is 1. The van der Waals surface area contributed by atoms with Crippen molar-refractivity contribution >= 4 is 29.9 Å². The van der Waals surface area contributed by atoms with E-state index in [1.54, 1.807) is 6.20 Å². The van der Waals surface area contributed by atoms with Crippen molar-refractivity contribution in [2.24, 2.45) is 10.7 Å². The van der Waals surface area contributed by atoms with Crippen molar-refractivity contribution < 1.29 is 4.74 Å². The minimum atomic E-state index is 0. The van der Waals surface area contributed by atoms with Gasteiger partial charge in [-0.15, -0.1) is 24.0 Å². The van der Waals surface area contributed by atoms with Crippen LogP contribution in [-0.4, -0.2) is 22.1 Å². The average molecular weight is 565 g/mol. The fourth-order valence-electron chi connectivity index (χ4n) is 4.21. The van der Waals surface area contributed by atoms with Gasteiger partial charge in [0.2, 0.25) is 0 Å². The molecule has 1 aromatic heterocycles. The zero-order valence-electron chi connectivity index (χ0n) is 18.8. The molecule has 0 aliphatic carbocycles. The summed E-state index contributed by atoms with van der Waals surface area (Å²) in [5, 5.41) is 3.37. The Bertz CT molecular complexity index is 1240. The summed E-state index contributed by atoms with van der Waals surface area (Å²) >= 11 is 0. The van der Waals surface area contributed by atoms with Crippen LogP contribution in [0.4, 0.5) is 0 Å². The first-order chi connectivity index (χ1) is 16.3. The van der Waals surface area contributed by atoms with Crippen molar-refractivity contribution in [3.63, 3.8) is 0 Å². The highest BCUT2D eigenvalue weighted by Crippen LogP contribution is 2.31. The van der Waals surface area contributed by atoms with E-state index >= 15 is 0 Å². The van der Waals surface area contributed by atoms with Gasteiger partial charge in [0, 0.05) is 30.9 Å². The lowest BCUT2D eigenvalue weighted by molar-refractivity contribution is 0.262. The van der Waals surface area contributed by atoms with Gasteiger partial charge in [-0.05, 0) is 28.3 Å². The number of ether oxygens (including phenoxy) is 1. The molecule has 1 aliphatic rings. The van der Waals surface area contributed by atoms with E-state index in [0.29, 0.717) is 19.1 Å². The van der Waals surface area contributed by atoms with Crippen LogP contribution < -0.4 is 15.8 Å². The average Bonchev–Trinajstić information content (AvgIpc) is 3.37. The minimum Gasteiger partial charge on any atom is -0.493 e. The van der Waals surface area contributed by atoms with Gasteiger partial charge in [-0.2, -0.15) is 0 Å². The largest absolute Gasteiger partial charge is 0.493 e. The molecule has 5 rings (SSSR count). The Kier molecular flexibility index (Phi) is 7.84. The molecule has 0 amide bonds. The summed E-state index contributed by atoms with van der Waals surface area (Å²) in [6.45, 7) is 1.99. The topological polar surface area (TPSA) is 77.5 Å². The Morgan fingerprint density at radius 1 is 1.06 bits per heavy atom. The number of halogens is 1. The molecule has 3 aromatic carbocycles. The normalized spacial score (nSPS) is 15.1. The van der Waals surface area contributed by atoms with E-state index in [2.05, 4.69) is 68.4 Å². The van der Waals surface area contributed by atoms with E-state index in [9.17, 15) is 0 Å². The zero-order valence-corrected chi connectivity index (χ0v) is 21.1. The molecule has 0 fully saturated rings. The Labute approximate surface area is 216 Å². The highest BCUT2D eigenvalue weighted by Gasteiger charge is 2.21. The molecule has 4 aromatic rings. The number of benzene rings is 3. The summed E-state index contributed by atoms with van der Waals surface area (Å²) in [7, 11) is 0. The molecule has 1 unspecified atom stereocenters. The molecule has 0 radical (unpaired) electrons. The van der Waals surface area contributed by atoms with Crippen LogP contribution in [0.3, 0.4) is 0 Å². The highest BCUT2D eigenvalue weighted by atomic mass is 127. The van der Waals surface area contributed by atoms with Crippen molar-refractivity contribution in [2.45, 2.75) is 25.6 Å². The number of rotatable bonds is 6. The molecule has 0 saturated heterocycles. The lowest BCUT2D eigenvalue weighted by Crippen LogP contribution is -2.37. The van der Waals surface area contributed by atoms with Gasteiger partial charge in [0.25, 0.3) is 0 Å². The molecule has 0 bridgehead atoms. The van der Waals surface area contributed by atoms with Crippen LogP contribution in [0.2, 0.25) is 0 Å². The third kappa shape index (κ3) is 5.59. The van der Waals surface area contributed by atoms with Crippen molar-refractivity contribution in [3.8, 4) is 16.9 Å². The second-order valence-corrected chi connectivity index (χ2v) is 8.16. The summed E-state index contributed by atoms with van der Waals surface area (Å²) in [6, 6.07) is 25.2. The summed E-state index contributed by atoms with van der Waals surface area (Å²) in [6.07, 6.45) is 6.46. The van der Waals surface area contributed by atoms with E-state index in [1.807, 2.05) is 36.8 Å². The number of para-hydroxylation sites is 1. The van der Waals surface area contributed by atoms with Crippen LogP contribution in [0.25, 0.3) is 11.1 Å². The molecule has 3 N–H and O–H groups in total. The Morgan fingerprint density at radius 3 is 2.68 bits per heavy atom. The standard InChI is InChI=1S/C27H27N5O.HI/c28-27(31-25-13-16-33-26-8-4-3-7-24(25)26)30-17-22-5-1-2-6-23(22)21-11-9-20(10-12-21)18-32-15-14-29-19-32;/h1-12,14-15,19,25H,13,16-18H2,(H3,28,30,31);1H. The number of aliphatic imine (C=N–C) groups is 1. The lowest BCUT2D eigenvalue weighted by atomic mass is 9.98. The predicted molar refractivity (Wildman–Crippen MR) is 146 cm³/mol. The van der Waals surface area contributed by atoms with Gasteiger partial charge in [-0.1, -0.05) is 66.7 Å². The van der Waals surface area contributed by atoms with Gasteiger partial charge >= 0.3 is 0 Å². The molecule has 7 heteroatoms. The van der Waals surface area contributed by atoms with Crippen LogP contribution >= 0.6 is 24.0 Å². The van der Waals surface area contributed by atoms with E-state index in [0.717, 1.165) is 29.8 Å². The van der Waals surface area contributed by atoms with Crippen molar-refractivity contribution in [1.82, 2.24) is 14.9 Å². The van der Waals surface area contributed by atoms with Gasteiger partial charge in [-0.25, -0.2) is 9.98 Å². The molecular formula is C27H28IN5O. The van der Waals surface area contributed by atoms with E-state index in [4.69, 9.17) is 10.5 Å². The number of guanidine groups is 1. The second kappa shape index (κ2) is 11.2. The van der Waals surface area contributed by atoms with Crippen LogP contribution in [0, 0.1) is 0 Å². The summed E-state index contributed by atoms with van der Waals surface area (Å²) in [4.78, 5) is 8.75. The highest BCUT2D eigenvalue weighted by molar-refractivity contribution is 14.0. The van der Waals surface area contributed by atoms with E-state index in [1.165, 1.54) is 16.7 Å². The number of aromatic nitrogens is 2. The van der Waals surface area contributed by atoms with Gasteiger partial charge in [0.05, 0.1) is 25.5 Å². The summed E-state index contributed by atoms with van der Waals surface area (Å²) in [5.41, 5.74) is 12.1. The summed E-state index contributed by atoms with van der Waals surface area (Å²) < 4.78 is 7.80. The van der Waals surface area contributed by atoms with E-state index in [-0.39, 0.29) is 30.0 Å². The number of hydrogen-bond acceptors (Lipinski definition) is 3. The van der Waals surface area contributed by atoms with Gasteiger partial charge < -0.3 is 20.4 Å². The Morgan fingerprint density at radius 2 is 1.85 bits per heavy atom. The quantitative estimate of drug-likeness (QED) is 0.193. The fraction of sp³-hybridized carbons (Fsp3) is 0.185. The minimum absolute atomic E-state index is 0. The van der Waals surface area contributed by atoms with Gasteiger partial charge in [0.15, 0.2) is 5.96 Å². The second-order valence-electron chi connectivity index (χ2n) is 8.16. The molecule has 2 heterocycles. The molecule has 1 aliphatic heterocycles. The molecule has 174 valence electrons. The van der Waals surface area contributed by atoms with Crippen LogP contribution in [0.1, 0.15) is 29.2 Å². The van der Waals surface area contributed by atoms with Crippen LogP contribution in [0.15, 0.2) is 96.5 Å². The van der Waals surface area contributed by atoms with Crippen molar-refractivity contribution in [2.75, 3.05) is 6.61 Å². The maximum absolute atomic E-state index is 6.27. The third-order valence-corrected chi connectivity index (χ3v) is 5.91. The maximum Gasteiger partial charge on any atom is 0.189 e. The number of nitrogens with two attached hydrogens (primary N) is 1. The fourth-order valence-corrected chi connectivity index (χ4v) is 4.21. The monoisotopic (exact) mass is 565 g/mol. The van der Waals surface area contributed by atoms with Crippen molar-refractivity contribution in [3.05, 3.63) is 108 Å². The molecule has 0 spiro atoms. The molecule has 1 atom stereocenters. The molecular weight excluding hydrogens is 537 g/mol. The Hall–Kier alpha value is -3.33. The first-order valence-electron chi connectivity index (χ1n) is 11.2. The van der Waals surface area contributed by atoms with Crippen LogP contribution in [-0.2, 0) is 13.1 Å². The molecule has 0 saturated carbocycles. The smallest absolute Gasteiger partial charge is 0.189 e. The lowest BCUT2D eigenvalue weighted by Gasteiger charge is -2.27. The first-order valence-corrected chi connectivity index (χ1v) is 11.2. The number of fused-ring (bicyclic) bond motifs is 1. The summed E-state index contributed by atoms with van der Waals surface area (Å²) in [5.74, 6) is 1.36. The van der Waals surface area contributed by atoms with Crippen LogP contribution in [0.5, 0.6) is 5.75 Å².